The molecule has 2 atom stereocenters. The Balaban J connectivity index is 2.02. The van der Waals surface area contributed by atoms with Gasteiger partial charge in [-0.2, -0.15) is 0 Å². The SMILES string of the molecule is NC(=O)CN(C(=O)C1CC1C(=O)O)C1CCCC1. The number of amides is 2. The van der Waals surface area contributed by atoms with E-state index in [2.05, 4.69) is 0 Å². The second-order valence-electron chi connectivity index (χ2n) is 5.16. The van der Waals surface area contributed by atoms with Gasteiger partial charge in [-0.25, -0.2) is 0 Å². The van der Waals surface area contributed by atoms with E-state index < -0.39 is 23.7 Å². The number of nitrogens with zero attached hydrogens (tertiary/aromatic N) is 1. The van der Waals surface area contributed by atoms with Gasteiger partial charge in [-0.05, 0) is 19.3 Å². The fourth-order valence-electron chi connectivity index (χ4n) is 2.72. The molecule has 2 amide bonds. The largest absolute Gasteiger partial charge is 0.481 e. The fraction of sp³-hybridized carbons (Fsp3) is 0.750. The number of carboxylic acid groups (broad SMARTS) is 1. The van der Waals surface area contributed by atoms with Gasteiger partial charge in [-0.3, -0.25) is 14.4 Å². The van der Waals surface area contributed by atoms with Crippen LogP contribution in [0.2, 0.25) is 0 Å². The van der Waals surface area contributed by atoms with Crippen LogP contribution in [0, 0.1) is 11.8 Å². The lowest BCUT2D eigenvalue weighted by atomic mass is 10.1. The molecule has 2 rings (SSSR count). The van der Waals surface area contributed by atoms with Crippen LogP contribution >= 0.6 is 0 Å². The van der Waals surface area contributed by atoms with Gasteiger partial charge in [0.25, 0.3) is 0 Å². The fourth-order valence-corrected chi connectivity index (χ4v) is 2.72. The first kappa shape index (κ1) is 12.9. The average Bonchev–Trinajstić information content (AvgIpc) is 2.93. The second-order valence-corrected chi connectivity index (χ2v) is 5.16. The minimum absolute atomic E-state index is 0.0556. The van der Waals surface area contributed by atoms with Crippen LogP contribution in [0.15, 0.2) is 0 Å². The van der Waals surface area contributed by atoms with Crippen molar-refractivity contribution >= 4 is 17.8 Å². The normalized spacial score (nSPS) is 26.9. The number of hydrogen-bond acceptors (Lipinski definition) is 3. The van der Waals surface area contributed by atoms with Crippen molar-refractivity contribution in [2.75, 3.05) is 6.54 Å². The van der Waals surface area contributed by atoms with Gasteiger partial charge in [0.1, 0.15) is 0 Å². The molecule has 0 aromatic rings. The molecule has 2 aliphatic rings. The summed E-state index contributed by atoms with van der Waals surface area (Å²) in [7, 11) is 0. The zero-order valence-electron chi connectivity index (χ0n) is 10.2. The summed E-state index contributed by atoms with van der Waals surface area (Å²) in [6.07, 6.45) is 4.23. The lowest BCUT2D eigenvalue weighted by Crippen LogP contribution is -2.45. The summed E-state index contributed by atoms with van der Waals surface area (Å²) >= 11 is 0. The van der Waals surface area contributed by atoms with Crippen LogP contribution < -0.4 is 5.73 Å². The highest BCUT2D eigenvalue weighted by Crippen LogP contribution is 2.41. The number of carbonyl (C=O) groups is 3. The third kappa shape index (κ3) is 2.63. The minimum Gasteiger partial charge on any atom is -0.481 e. The minimum atomic E-state index is -0.932. The van der Waals surface area contributed by atoms with Crippen LogP contribution in [-0.2, 0) is 14.4 Å². The van der Waals surface area contributed by atoms with E-state index >= 15 is 0 Å². The van der Waals surface area contributed by atoms with Crippen LogP contribution in [0.1, 0.15) is 32.1 Å². The topological polar surface area (TPSA) is 101 Å². The molecule has 6 nitrogen and oxygen atoms in total. The summed E-state index contributed by atoms with van der Waals surface area (Å²) in [6, 6.07) is 0.0556. The molecule has 0 aliphatic heterocycles. The highest BCUT2D eigenvalue weighted by molar-refractivity contribution is 5.91. The van der Waals surface area contributed by atoms with Crippen LogP contribution in [0.4, 0.5) is 0 Å². The van der Waals surface area contributed by atoms with Gasteiger partial charge < -0.3 is 15.7 Å². The molecule has 0 spiro atoms. The zero-order chi connectivity index (χ0) is 13.3. The van der Waals surface area contributed by atoms with E-state index in [0.29, 0.717) is 6.42 Å². The molecule has 6 heteroatoms. The highest BCUT2D eigenvalue weighted by Gasteiger charge is 2.50. The zero-order valence-corrected chi connectivity index (χ0v) is 10.2. The molecule has 0 heterocycles. The summed E-state index contributed by atoms with van der Waals surface area (Å²) in [4.78, 5) is 35.5. The number of primary amides is 1. The van der Waals surface area contributed by atoms with Gasteiger partial charge in [0.2, 0.25) is 11.8 Å². The number of hydrogen-bond donors (Lipinski definition) is 2. The standard InChI is InChI=1S/C12H18N2O4/c13-10(15)6-14(7-3-1-2-4-7)11(16)8-5-9(8)12(17)18/h7-9H,1-6H2,(H2,13,15)(H,17,18). The third-order valence-corrected chi connectivity index (χ3v) is 3.80. The Morgan fingerprint density at radius 1 is 1.17 bits per heavy atom. The Morgan fingerprint density at radius 3 is 2.22 bits per heavy atom. The number of carbonyl (C=O) groups excluding carboxylic acids is 2. The first-order chi connectivity index (χ1) is 8.50. The maximum Gasteiger partial charge on any atom is 0.307 e. The van der Waals surface area contributed by atoms with Crippen molar-refractivity contribution in [3.8, 4) is 0 Å². The quantitative estimate of drug-likeness (QED) is 0.719. The smallest absolute Gasteiger partial charge is 0.307 e. The molecule has 0 bridgehead atoms. The predicted molar refractivity (Wildman–Crippen MR) is 62.4 cm³/mol. The summed E-state index contributed by atoms with van der Waals surface area (Å²) in [6.45, 7) is -0.0909. The molecule has 2 saturated carbocycles. The summed E-state index contributed by atoms with van der Waals surface area (Å²) < 4.78 is 0. The molecule has 0 aromatic carbocycles. The molecule has 2 unspecified atom stereocenters. The van der Waals surface area contributed by atoms with Gasteiger partial charge >= 0.3 is 5.97 Å². The first-order valence-corrected chi connectivity index (χ1v) is 6.32. The number of carboxylic acids is 1. The Kier molecular flexibility index (Phi) is 3.54. The van der Waals surface area contributed by atoms with Crippen LogP contribution in [0.25, 0.3) is 0 Å². The summed E-state index contributed by atoms with van der Waals surface area (Å²) in [5.41, 5.74) is 5.16. The van der Waals surface area contributed by atoms with Crippen molar-refractivity contribution in [1.82, 2.24) is 4.90 Å². The molecule has 2 aliphatic carbocycles. The van der Waals surface area contributed by atoms with E-state index in [-0.39, 0.29) is 18.5 Å². The van der Waals surface area contributed by atoms with Crippen LogP contribution in [-0.4, -0.2) is 40.4 Å². The van der Waals surface area contributed by atoms with E-state index in [1.165, 1.54) is 4.90 Å². The van der Waals surface area contributed by atoms with E-state index in [1.54, 1.807) is 0 Å². The van der Waals surface area contributed by atoms with Crippen LogP contribution in [0.5, 0.6) is 0 Å². The molecule has 18 heavy (non-hydrogen) atoms. The summed E-state index contributed by atoms with van der Waals surface area (Å²) in [5.74, 6) is -2.72. The van der Waals surface area contributed by atoms with E-state index in [4.69, 9.17) is 10.8 Å². The second kappa shape index (κ2) is 4.96. The number of aliphatic carboxylic acids is 1. The maximum atomic E-state index is 12.2. The predicted octanol–water partition coefficient (Wildman–Crippen LogP) is -0.0364. The van der Waals surface area contributed by atoms with Crippen molar-refractivity contribution in [3.63, 3.8) is 0 Å². The molecule has 100 valence electrons. The molecule has 0 radical (unpaired) electrons. The summed E-state index contributed by atoms with van der Waals surface area (Å²) in [5, 5.41) is 8.84. The van der Waals surface area contributed by atoms with Crippen molar-refractivity contribution in [1.29, 1.82) is 0 Å². The average molecular weight is 254 g/mol. The van der Waals surface area contributed by atoms with Crippen molar-refractivity contribution in [2.24, 2.45) is 17.6 Å². The van der Waals surface area contributed by atoms with Gasteiger partial charge in [-0.1, -0.05) is 12.8 Å². The molecular formula is C12H18N2O4. The number of nitrogens with two attached hydrogens (primary N) is 1. The van der Waals surface area contributed by atoms with Crippen molar-refractivity contribution in [3.05, 3.63) is 0 Å². The van der Waals surface area contributed by atoms with Gasteiger partial charge in [0.15, 0.2) is 0 Å². The molecule has 3 N–H and O–H groups in total. The third-order valence-electron chi connectivity index (χ3n) is 3.80. The Morgan fingerprint density at radius 2 is 1.78 bits per heavy atom. The lowest BCUT2D eigenvalue weighted by molar-refractivity contribution is -0.143. The van der Waals surface area contributed by atoms with Crippen molar-refractivity contribution in [2.45, 2.75) is 38.1 Å². The molecular weight excluding hydrogens is 236 g/mol. The lowest BCUT2D eigenvalue weighted by Gasteiger charge is -2.28. The monoisotopic (exact) mass is 254 g/mol. The van der Waals surface area contributed by atoms with Crippen LogP contribution in [0.3, 0.4) is 0 Å². The molecule has 0 aromatic heterocycles. The molecule has 0 saturated heterocycles. The highest BCUT2D eigenvalue weighted by atomic mass is 16.4. The Bertz CT molecular complexity index is 376. The first-order valence-electron chi connectivity index (χ1n) is 6.32. The van der Waals surface area contributed by atoms with Crippen molar-refractivity contribution < 1.29 is 19.5 Å². The van der Waals surface area contributed by atoms with Gasteiger partial charge in [-0.15, -0.1) is 0 Å². The van der Waals surface area contributed by atoms with E-state index in [0.717, 1.165) is 25.7 Å². The Labute approximate surface area is 105 Å². The molecule has 2 fully saturated rings. The Hall–Kier alpha value is -1.59. The maximum absolute atomic E-state index is 12.2. The van der Waals surface area contributed by atoms with E-state index in [1.807, 2.05) is 0 Å². The van der Waals surface area contributed by atoms with Gasteiger partial charge in [0, 0.05) is 6.04 Å². The van der Waals surface area contributed by atoms with Gasteiger partial charge in [0.05, 0.1) is 18.4 Å². The van der Waals surface area contributed by atoms with E-state index in [9.17, 15) is 14.4 Å². The number of rotatable bonds is 5.